The Morgan fingerprint density at radius 2 is 2.17 bits per heavy atom. The second kappa shape index (κ2) is 4.52. The molecule has 1 atom stereocenters. The molecule has 1 heterocycles. The molecule has 98 valence electrons. The van der Waals surface area contributed by atoms with Crippen molar-refractivity contribution in [2.24, 2.45) is 0 Å². The van der Waals surface area contributed by atoms with Gasteiger partial charge in [0.25, 0.3) is 0 Å². The predicted molar refractivity (Wildman–Crippen MR) is 67.0 cm³/mol. The summed E-state index contributed by atoms with van der Waals surface area (Å²) >= 11 is 0. The highest BCUT2D eigenvalue weighted by molar-refractivity contribution is 5.74. The Morgan fingerprint density at radius 1 is 1.44 bits per heavy atom. The van der Waals surface area contributed by atoms with Crippen molar-refractivity contribution in [2.45, 2.75) is 38.9 Å². The SMILES string of the molecule is COC(=O)[C@H](C)Oc1cccc2c1OC(C)(C)C2. The van der Waals surface area contributed by atoms with E-state index < -0.39 is 12.1 Å². The zero-order valence-corrected chi connectivity index (χ0v) is 11.1. The summed E-state index contributed by atoms with van der Waals surface area (Å²) in [6, 6.07) is 5.72. The van der Waals surface area contributed by atoms with Crippen LogP contribution in [-0.4, -0.2) is 24.8 Å². The first-order chi connectivity index (χ1) is 8.43. The Morgan fingerprint density at radius 3 is 2.83 bits per heavy atom. The number of carbonyl (C=O) groups is 1. The topological polar surface area (TPSA) is 44.8 Å². The van der Waals surface area contributed by atoms with Crippen LogP contribution in [-0.2, 0) is 16.0 Å². The zero-order valence-electron chi connectivity index (χ0n) is 11.1. The fourth-order valence-electron chi connectivity index (χ4n) is 2.08. The maximum absolute atomic E-state index is 11.4. The molecule has 0 saturated carbocycles. The molecule has 1 aromatic rings. The summed E-state index contributed by atoms with van der Waals surface area (Å²) in [6.07, 6.45) is 0.195. The van der Waals surface area contributed by atoms with Gasteiger partial charge >= 0.3 is 5.97 Å². The zero-order chi connectivity index (χ0) is 13.3. The molecule has 0 aromatic heterocycles. The second-order valence-corrected chi connectivity index (χ2v) is 5.07. The summed E-state index contributed by atoms with van der Waals surface area (Å²) in [7, 11) is 1.34. The van der Waals surface area contributed by atoms with Gasteiger partial charge in [0.2, 0.25) is 0 Å². The molecule has 0 spiro atoms. The van der Waals surface area contributed by atoms with Crippen molar-refractivity contribution in [3.8, 4) is 11.5 Å². The third kappa shape index (κ3) is 2.42. The molecule has 0 fully saturated rings. The minimum absolute atomic E-state index is 0.226. The minimum atomic E-state index is -0.645. The van der Waals surface area contributed by atoms with Crippen LogP contribution in [0.4, 0.5) is 0 Å². The number of methoxy groups -OCH3 is 1. The average molecular weight is 250 g/mol. The van der Waals surface area contributed by atoms with Crippen LogP contribution in [0.25, 0.3) is 0 Å². The van der Waals surface area contributed by atoms with Gasteiger partial charge in [0.1, 0.15) is 5.60 Å². The van der Waals surface area contributed by atoms with E-state index in [4.69, 9.17) is 9.47 Å². The Hall–Kier alpha value is -1.71. The van der Waals surface area contributed by atoms with Gasteiger partial charge in [-0.05, 0) is 26.8 Å². The van der Waals surface area contributed by atoms with E-state index in [0.29, 0.717) is 5.75 Å². The fourth-order valence-corrected chi connectivity index (χ4v) is 2.08. The maximum Gasteiger partial charge on any atom is 0.346 e. The third-order valence-corrected chi connectivity index (χ3v) is 2.89. The highest BCUT2D eigenvalue weighted by Gasteiger charge is 2.33. The van der Waals surface area contributed by atoms with E-state index in [1.54, 1.807) is 13.0 Å². The summed E-state index contributed by atoms with van der Waals surface area (Å²) in [6.45, 7) is 5.71. The van der Waals surface area contributed by atoms with Crippen molar-refractivity contribution in [3.63, 3.8) is 0 Å². The van der Waals surface area contributed by atoms with Gasteiger partial charge in [-0.15, -0.1) is 0 Å². The van der Waals surface area contributed by atoms with E-state index in [9.17, 15) is 4.79 Å². The quantitative estimate of drug-likeness (QED) is 0.772. The lowest BCUT2D eigenvalue weighted by atomic mass is 10.0. The summed E-state index contributed by atoms with van der Waals surface area (Å²) in [5.74, 6) is 0.930. The number of ether oxygens (including phenoxy) is 3. The normalized spacial score (nSPS) is 17.6. The van der Waals surface area contributed by atoms with Crippen LogP contribution in [0.3, 0.4) is 0 Å². The molecular weight excluding hydrogens is 232 g/mol. The first-order valence-corrected chi connectivity index (χ1v) is 5.98. The molecule has 2 rings (SSSR count). The van der Waals surface area contributed by atoms with Gasteiger partial charge in [0.05, 0.1) is 7.11 Å². The monoisotopic (exact) mass is 250 g/mol. The van der Waals surface area contributed by atoms with Crippen LogP contribution < -0.4 is 9.47 Å². The number of carbonyl (C=O) groups excluding carboxylic acids is 1. The van der Waals surface area contributed by atoms with Gasteiger partial charge in [-0.3, -0.25) is 0 Å². The molecule has 0 N–H and O–H groups in total. The Kier molecular flexibility index (Phi) is 3.20. The highest BCUT2D eigenvalue weighted by Crippen LogP contribution is 2.42. The van der Waals surface area contributed by atoms with E-state index in [0.717, 1.165) is 17.7 Å². The molecule has 0 unspecified atom stereocenters. The van der Waals surface area contributed by atoms with Crippen LogP contribution in [0.15, 0.2) is 18.2 Å². The Labute approximate surface area is 107 Å². The van der Waals surface area contributed by atoms with Crippen molar-refractivity contribution >= 4 is 5.97 Å². The van der Waals surface area contributed by atoms with Crippen LogP contribution in [0, 0.1) is 0 Å². The number of hydrogen-bond acceptors (Lipinski definition) is 4. The molecule has 0 aliphatic carbocycles. The lowest BCUT2D eigenvalue weighted by Gasteiger charge is -2.19. The fraction of sp³-hybridized carbons (Fsp3) is 0.500. The minimum Gasteiger partial charge on any atom is -0.483 e. The highest BCUT2D eigenvalue weighted by atomic mass is 16.6. The van der Waals surface area contributed by atoms with Gasteiger partial charge in [0, 0.05) is 12.0 Å². The molecule has 0 bridgehead atoms. The molecule has 1 aromatic carbocycles. The number of fused-ring (bicyclic) bond motifs is 1. The van der Waals surface area contributed by atoms with Gasteiger partial charge in [-0.1, -0.05) is 12.1 Å². The van der Waals surface area contributed by atoms with Crippen molar-refractivity contribution in [2.75, 3.05) is 7.11 Å². The third-order valence-electron chi connectivity index (χ3n) is 2.89. The van der Waals surface area contributed by atoms with Gasteiger partial charge < -0.3 is 14.2 Å². The lowest BCUT2D eigenvalue weighted by molar-refractivity contribution is -0.147. The van der Waals surface area contributed by atoms with Crippen molar-refractivity contribution in [1.82, 2.24) is 0 Å². The van der Waals surface area contributed by atoms with Gasteiger partial charge in [-0.2, -0.15) is 0 Å². The number of esters is 1. The van der Waals surface area contributed by atoms with Gasteiger partial charge in [0.15, 0.2) is 17.6 Å². The molecule has 18 heavy (non-hydrogen) atoms. The maximum atomic E-state index is 11.4. The van der Waals surface area contributed by atoms with E-state index in [2.05, 4.69) is 4.74 Å². The molecule has 0 amide bonds. The second-order valence-electron chi connectivity index (χ2n) is 5.07. The first kappa shape index (κ1) is 12.7. The molecule has 0 saturated heterocycles. The number of rotatable bonds is 3. The predicted octanol–water partition coefficient (Wildman–Crippen LogP) is 2.34. The van der Waals surface area contributed by atoms with Crippen LogP contribution >= 0.6 is 0 Å². The summed E-state index contributed by atoms with van der Waals surface area (Å²) < 4.78 is 16.1. The van der Waals surface area contributed by atoms with Crippen molar-refractivity contribution < 1.29 is 19.0 Å². The molecular formula is C14H18O4. The largest absolute Gasteiger partial charge is 0.483 e. The number of benzene rings is 1. The molecule has 4 nitrogen and oxygen atoms in total. The van der Waals surface area contributed by atoms with E-state index >= 15 is 0 Å². The smallest absolute Gasteiger partial charge is 0.346 e. The summed E-state index contributed by atoms with van der Waals surface area (Å²) in [5, 5.41) is 0. The Bertz CT molecular complexity index is 465. The van der Waals surface area contributed by atoms with E-state index in [1.807, 2.05) is 26.0 Å². The van der Waals surface area contributed by atoms with Crippen LogP contribution in [0.2, 0.25) is 0 Å². The molecule has 4 heteroatoms. The molecule has 1 aliphatic rings. The van der Waals surface area contributed by atoms with Crippen molar-refractivity contribution in [3.05, 3.63) is 23.8 Å². The first-order valence-electron chi connectivity index (χ1n) is 5.98. The standard InChI is InChI=1S/C14H18O4/c1-9(13(15)16-4)17-11-7-5-6-10-8-14(2,3)18-12(10)11/h5-7,9H,8H2,1-4H3/t9-/m0/s1. The average Bonchev–Trinajstić information content (AvgIpc) is 2.63. The lowest BCUT2D eigenvalue weighted by Crippen LogP contribution is -2.26. The van der Waals surface area contributed by atoms with Crippen LogP contribution in [0.1, 0.15) is 26.3 Å². The number of hydrogen-bond donors (Lipinski definition) is 0. The van der Waals surface area contributed by atoms with E-state index in [1.165, 1.54) is 7.11 Å². The molecule has 1 aliphatic heterocycles. The van der Waals surface area contributed by atoms with Crippen LogP contribution in [0.5, 0.6) is 11.5 Å². The molecule has 0 radical (unpaired) electrons. The van der Waals surface area contributed by atoms with Gasteiger partial charge in [-0.25, -0.2) is 4.79 Å². The van der Waals surface area contributed by atoms with Crippen molar-refractivity contribution in [1.29, 1.82) is 0 Å². The van der Waals surface area contributed by atoms with E-state index in [-0.39, 0.29) is 5.60 Å². The number of para-hydroxylation sites is 1. The Balaban J connectivity index is 2.22. The summed E-state index contributed by atoms with van der Waals surface area (Å²) in [4.78, 5) is 11.4. The summed E-state index contributed by atoms with van der Waals surface area (Å²) in [5.41, 5.74) is 0.880.